The van der Waals surface area contributed by atoms with Gasteiger partial charge in [0.2, 0.25) is 5.91 Å². The van der Waals surface area contributed by atoms with E-state index in [1.54, 1.807) is 7.05 Å². The highest BCUT2D eigenvalue weighted by atomic mass is 16.5. The minimum absolute atomic E-state index is 0.183. The van der Waals surface area contributed by atoms with E-state index in [0.717, 1.165) is 25.7 Å². The first-order chi connectivity index (χ1) is 10.1. The summed E-state index contributed by atoms with van der Waals surface area (Å²) in [5.41, 5.74) is 10.9. The second kappa shape index (κ2) is 12.6. The lowest BCUT2D eigenvalue weighted by Crippen LogP contribution is -2.49. The maximum atomic E-state index is 12.2. The summed E-state index contributed by atoms with van der Waals surface area (Å²) in [4.78, 5) is 23.9. The fourth-order valence-corrected chi connectivity index (χ4v) is 2.06. The SMILES string of the molecule is CNC(CCCCN)C(=O)NC(CCCCN)C(=O)OC. The molecule has 0 aliphatic rings. The van der Waals surface area contributed by atoms with Gasteiger partial charge in [-0.2, -0.15) is 0 Å². The van der Waals surface area contributed by atoms with E-state index in [4.69, 9.17) is 16.2 Å². The number of nitrogens with two attached hydrogens (primary N) is 2. The van der Waals surface area contributed by atoms with E-state index in [2.05, 4.69) is 10.6 Å². The Morgan fingerprint density at radius 2 is 1.52 bits per heavy atom. The summed E-state index contributed by atoms with van der Waals surface area (Å²) in [5.74, 6) is -0.602. The summed E-state index contributed by atoms with van der Waals surface area (Å²) in [5, 5.41) is 5.72. The summed E-state index contributed by atoms with van der Waals surface area (Å²) < 4.78 is 4.73. The molecule has 0 radical (unpaired) electrons. The number of methoxy groups -OCH3 is 1. The van der Waals surface area contributed by atoms with Gasteiger partial charge in [-0.05, 0) is 52.2 Å². The first kappa shape index (κ1) is 19.8. The molecular weight excluding hydrogens is 272 g/mol. The van der Waals surface area contributed by atoms with Crippen LogP contribution in [0.5, 0.6) is 0 Å². The average Bonchev–Trinajstić information content (AvgIpc) is 2.49. The minimum atomic E-state index is -0.612. The average molecular weight is 302 g/mol. The van der Waals surface area contributed by atoms with E-state index in [-0.39, 0.29) is 11.9 Å². The van der Waals surface area contributed by atoms with E-state index in [1.165, 1.54) is 7.11 Å². The molecule has 21 heavy (non-hydrogen) atoms. The zero-order valence-corrected chi connectivity index (χ0v) is 13.2. The molecule has 0 saturated heterocycles. The lowest BCUT2D eigenvalue weighted by atomic mass is 10.1. The van der Waals surface area contributed by atoms with Gasteiger partial charge in [0.25, 0.3) is 0 Å². The van der Waals surface area contributed by atoms with E-state index < -0.39 is 12.0 Å². The van der Waals surface area contributed by atoms with Crippen LogP contribution in [0.3, 0.4) is 0 Å². The van der Waals surface area contributed by atoms with Gasteiger partial charge in [0.05, 0.1) is 13.2 Å². The van der Waals surface area contributed by atoms with Crippen molar-refractivity contribution in [3.05, 3.63) is 0 Å². The van der Waals surface area contributed by atoms with Gasteiger partial charge in [0.1, 0.15) is 6.04 Å². The Balaban J connectivity index is 4.42. The van der Waals surface area contributed by atoms with Crippen LogP contribution >= 0.6 is 0 Å². The van der Waals surface area contributed by atoms with Crippen molar-refractivity contribution < 1.29 is 14.3 Å². The summed E-state index contributed by atoms with van der Waals surface area (Å²) >= 11 is 0. The van der Waals surface area contributed by atoms with Crippen molar-refractivity contribution in [3.8, 4) is 0 Å². The number of likely N-dealkylation sites (N-methyl/N-ethyl adjacent to an activating group) is 1. The van der Waals surface area contributed by atoms with Crippen LogP contribution in [0.4, 0.5) is 0 Å². The summed E-state index contributed by atoms with van der Waals surface area (Å²) in [6.45, 7) is 1.18. The molecule has 7 nitrogen and oxygen atoms in total. The van der Waals surface area contributed by atoms with Crippen LogP contribution in [-0.2, 0) is 14.3 Å². The highest BCUT2D eigenvalue weighted by Crippen LogP contribution is 2.05. The fourth-order valence-electron chi connectivity index (χ4n) is 2.06. The quantitative estimate of drug-likeness (QED) is 0.285. The van der Waals surface area contributed by atoms with Crippen LogP contribution in [0.2, 0.25) is 0 Å². The van der Waals surface area contributed by atoms with Crippen LogP contribution < -0.4 is 22.1 Å². The van der Waals surface area contributed by atoms with Gasteiger partial charge in [0, 0.05) is 0 Å². The van der Waals surface area contributed by atoms with Gasteiger partial charge < -0.3 is 26.8 Å². The Bertz CT molecular complexity index is 300. The molecule has 0 saturated carbocycles. The maximum absolute atomic E-state index is 12.2. The molecule has 0 rings (SSSR count). The molecule has 2 atom stereocenters. The normalized spacial score (nSPS) is 13.5. The van der Waals surface area contributed by atoms with Crippen molar-refractivity contribution in [2.24, 2.45) is 11.5 Å². The molecule has 0 fully saturated rings. The summed E-state index contributed by atoms with van der Waals surface area (Å²) in [7, 11) is 3.05. The van der Waals surface area contributed by atoms with Crippen LogP contribution in [0.1, 0.15) is 38.5 Å². The van der Waals surface area contributed by atoms with Gasteiger partial charge in [-0.1, -0.05) is 6.42 Å². The Kier molecular flexibility index (Phi) is 11.8. The second-order valence-electron chi connectivity index (χ2n) is 4.99. The molecule has 1 amide bonds. The number of esters is 1. The number of rotatable bonds is 12. The monoisotopic (exact) mass is 302 g/mol. The third kappa shape index (κ3) is 8.64. The molecule has 0 spiro atoms. The smallest absolute Gasteiger partial charge is 0.328 e. The molecule has 0 bridgehead atoms. The van der Waals surface area contributed by atoms with Gasteiger partial charge >= 0.3 is 5.97 Å². The van der Waals surface area contributed by atoms with Crippen molar-refractivity contribution in [2.75, 3.05) is 27.2 Å². The Morgan fingerprint density at radius 1 is 1.00 bits per heavy atom. The highest BCUT2D eigenvalue weighted by Gasteiger charge is 2.24. The Hall–Kier alpha value is -1.18. The molecule has 0 aliphatic heterocycles. The van der Waals surface area contributed by atoms with Crippen molar-refractivity contribution >= 4 is 11.9 Å². The van der Waals surface area contributed by atoms with E-state index in [9.17, 15) is 9.59 Å². The molecule has 0 heterocycles. The lowest BCUT2D eigenvalue weighted by Gasteiger charge is -2.21. The third-order valence-corrected chi connectivity index (χ3v) is 3.36. The molecular formula is C14H30N4O3. The van der Waals surface area contributed by atoms with Gasteiger partial charge in [-0.25, -0.2) is 4.79 Å². The van der Waals surface area contributed by atoms with Crippen LogP contribution in [0.15, 0.2) is 0 Å². The Labute approximate surface area is 127 Å². The zero-order chi connectivity index (χ0) is 16.1. The van der Waals surface area contributed by atoms with E-state index in [0.29, 0.717) is 25.9 Å². The number of amides is 1. The van der Waals surface area contributed by atoms with Gasteiger partial charge in [-0.15, -0.1) is 0 Å². The molecule has 0 aromatic carbocycles. The molecule has 0 aliphatic carbocycles. The molecule has 6 N–H and O–H groups in total. The minimum Gasteiger partial charge on any atom is -0.467 e. The number of carbonyl (C=O) groups excluding carboxylic acids is 2. The lowest BCUT2D eigenvalue weighted by molar-refractivity contribution is -0.145. The highest BCUT2D eigenvalue weighted by molar-refractivity contribution is 5.87. The number of unbranched alkanes of at least 4 members (excludes halogenated alkanes) is 2. The zero-order valence-electron chi connectivity index (χ0n) is 13.2. The van der Waals surface area contributed by atoms with Crippen LogP contribution in [0.25, 0.3) is 0 Å². The Morgan fingerprint density at radius 3 is 1.95 bits per heavy atom. The number of hydrogen-bond donors (Lipinski definition) is 4. The van der Waals surface area contributed by atoms with Crippen molar-refractivity contribution in [3.63, 3.8) is 0 Å². The largest absolute Gasteiger partial charge is 0.467 e. The summed E-state index contributed by atoms with van der Waals surface area (Å²) in [6, 6.07) is -0.933. The number of nitrogens with one attached hydrogen (secondary N) is 2. The summed E-state index contributed by atoms with van der Waals surface area (Å²) in [6.07, 6.45) is 4.56. The number of ether oxygens (including phenoxy) is 1. The molecule has 124 valence electrons. The van der Waals surface area contributed by atoms with Crippen LogP contribution in [-0.4, -0.2) is 51.2 Å². The molecule has 7 heteroatoms. The van der Waals surface area contributed by atoms with Gasteiger partial charge in [-0.3, -0.25) is 4.79 Å². The second-order valence-corrected chi connectivity index (χ2v) is 4.99. The van der Waals surface area contributed by atoms with E-state index >= 15 is 0 Å². The van der Waals surface area contributed by atoms with E-state index in [1.807, 2.05) is 0 Å². The molecule has 0 aromatic heterocycles. The predicted molar refractivity (Wildman–Crippen MR) is 82.6 cm³/mol. The van der Waals surface area contributed by atoms with Crippen molar-refractivity contribution in [1.82, 2.24) is 10.6 Å². The first-order valence-corrected chi connectivity index (χ1v) is 7.56. The van der Waals surface area contributed by atoms with Crippen molar-refractivity contribution in [2.45, 2.75) is 50.6 Å². The molecule has 2 unspecified atom stereocenters. The van der Waals surface area contributed by atoms with Gasteiger partial charge in [0.15, 0.2) is 0 Å². The number of carbonyl (C=O) groups is 2. The molecule has 0 aromatic rings. The first-order valence-electron chi connectivity index (χ1n) is 7.56. The topological polar surface area (TPSA) is 119 Å². The van der Waals surface area contributed by atoms with Crippen molar-refractivity contribution in [1.29, 1.82) is 0 Å². The predicted octanol–water partition coefficient (Wildman–Crippen LogP) is -0.510. The third-order valence-electron chi connectivity index (χ3n) is 3.36. The number of hydrogen-bond acceptors (Lipinski definition) is 6. The standard InChI is InChI=1S/C14H30N4O3/c1-17-11(7-3-5-9-15)13(19)18-12(14(20)21-2)8-4-6-10-16/h11-12,17H,3-10,15-16H2,1-2H3,(H,18,19). The maximum Gasteiger partial charge on any atom is 0.328 e. The fraction of sp³-hybridized carbons (Fsp3) is 0.857. The van der Waals surface area contributed by atoms with Crippen LogP contribution in [0, 0.1) is 0 Å².